The molecule has 0 aromatic heterocycles. The van der Waals surface area contributed by atoms with Crippen molar-refractivity contribution in [1.82, 2.24) is 5.32 Å². The lowest BCUT2D eigenvalue weighted by Crippen LogP contribution is -2.10. The third kappa shape index (κ3) is 3.89. The fourth-order valence-corrected chi connectivity index (χ4v) is 2.25. The molecule has 0 amide bonds. The summed E-state index contributed by atoms with van der Waals surface area (Å²) in [6.07, 6.45) is 2.49. The lowest BCUT2D eigenvalue weighted by Gasteiger charge is -2.08. The largest absolute Gasteiger partial charge is 0.377 e. The molecule has 0 saturated carbocycles. The van der Waals surface area contributed by atoms with Crippen LogP contribution in [0.3, 0.4) is 0 Å². The molecule has 1 aromatic rings. The average molecular weight is 284 g/mol. The highest BCUT2D eigenvalue weighted by atomic mass is 79.9. The van der Waals surface area contributed by atoms with Gasteiger partial charge in [-0.15, -0.1) is 0 Å². The molecule has 2 nitrogen and oxygen atoms in total. The first-order chi connectivity index (χ1) is 7.84. The predicted molar refractivity (Wildman–Crippen MR) is 69.4 cm³/mol. The van der Waals surface area contributed by atoms with Crippen molar-refractivity contribution in [3.63, 3.8) is 0 Å². The topological polar surface area (TPSA) is 21.3 Å². The first-order valence-electron chi connectivity index (χ1n) is 5.87. The summed E-state index contributed by atoms with van der Waals surface area (Å²) in [7, 11) is 0. The predicted octanol–water partition coefficient (Wildman–Crippen LogP) is 2.97. The van der Waals surface area contributed by atoms with Crippen LogP contribution >= 0.6 is 15.9 Å². The van der Waals surface area contributed by atoms with Crippen LogP contribution < -0.4 is 5.32 Å². The molecular formula is C13H18BrNO. The van der Waals surface area contributed by atoms with E-state index < -0.39 is 0 Å². The van der Waals surface area contributed by atoms with Crippen LogP contribution in [-0.2, 0) is 11.3 Å². The van der Waals surface area contributed by atoms with Gasteiger partial charge in [0.25, 0.3) is 0 Å². The van der Waals surface area contributed by atoms with E-state index in [1.165, 1.54) is 31.5 Å². The molecule has 16 heavy (non-hydrogen) atoms. The highest BCUT2D eigenvalue weighted by Crippen LogP contribution is 2.14. The van der Waals surface area contributed by atoms with Gasteiger partial charge in [-0.25, -0.2) is 0 Å². The molecule has 1 aromatic carbocycles. The second-order valence-electron chi connectivity index (χ2n) is 4.33. The van der Waals surface area contributed by atoms with Crippen molar-refractivity contribution < 1.29 is 4.74 Å². The van der Waals surface area contributed by atoms with Gasteiger partial charge in [-0.2, -0.15) is 0 Å². The SMILES string of the molecule is Brc1ccc(COCCC2CCNC2)cc1. The molecular weight excluding hydrogens is 266 g/mol. The van der Waals surface area contributed by atoms with Crippen molar-refractivity contribution in [2.45, 2.75) is 19.4 Å². The van der Waals surface area contributed by atoms with Crippen molar-refractivity contribution in [3.05, 3.63) is 34.3 Å². The highest BCUT2D eigenvalue weighted by molar-refractivity contribution is 9.10. The maximum atomic E-state index is 5.68. The molecule has 1 aliphatic rings. The summed E-state index contributed by atoms with van der Waals surface area (Å²) < 4.78 is 6.80. The van der Waals surface area contributed by atoms with E-state index in [0.717, 1.165) is 23.6 Å². The number of nitrogens with one attached hydrogen (secondary N) is 1. The van der Waals surface area contributed by atoms with Crippen molar-refractivity contribution in [2.75, 3.05) is 19.7 Å². The van der Waals surface area contributed by atoms with Crippen molar-refractivity contribution in [2.24, 2.45) is 5.92 Å². The van der Waals surface area contributed by atoms with Gasteiger partial charge in [0.2, 0.25) is 0 Å². The normalized spacial score (nSPS) is 20.2. The fourth-order valence-electron chi connectivity index (χ4n) is 1.98. The van der Waals surface area contributed by atoms with Gasteiger partial charge in [-0.3, -0.25) is 0 Å². The van der Waals surface area contributed by atoms with Crippen LogP contribution in [0.5, 0.6) is 0 Å². The van der Waals surface area contributed by atoms with Crippen LogP contribution in [0, 0.1) is 5.92 Å². The molecule has 0 radical (unpaired) electrons. The molecule has 1 fully saturated rings. The third-order valence-electron chi connectivity index (χ3n) is 3.01. The Labute approximate surface area is 106 Å². The van der Waals surface area contributed by atoms with Crippen LogP contribution in [0.25, 0.3) is 0 Å². The van der Waals surface area contributed by atoms with Crippen LogP contribution in [0.4, 0.5) is 0 Å². The number of hydrogen-bond donors (Lipinski definition) is 1. The van der Waals surface area contributed by atoms with Gasteiger partial charge < -0.3 is 10.1 Å². The Morgan fingerprint density at radius 2 is 2.12 bits per heavy atom. The Morgan fingerprint density at radius 1 is 1.31 bits per heavy atom. The molecule has 0 bridgehead atoms. The number of benzene rings is 1. The molecule has 1 unspecified atom stereocenters. The number of hydrogen-bond acceptors (Lipinski definition) is 2. The van der Waals surface area contributed by atoms with E-state index in [9.17, 15) is 0 Å². The highest BCUT2D eigenvalue weighted by Gasteiger charge is 2.13. The smallest absolute Gasteiger partial charge is 0.0716 e. The molecule has 1 heterocycles. The summed E-state index contributed by atoms with van der Waals surface area (Å²) in [4.78, 5) is 0. The summed E-state index contributed by atoms with van der Waals surface area (Å²) in [5, 5.41) is 3.38. The standard InChI is InChI=1S/C13H18BrNO/c14-13-3-1-12(2-4-13)10-16-8-6-11-5-7-15-9-11/h1-4,11,15H,5-10H2. The van der Waals surface area contributed by atoms with Crippen LogP contribution in [0.2, 0.25) is 0 Å². The minimum atomic E-state index is 0.730. The Bertz CT molecular complexity index is 306. The zero-order valence-corrected chi connectivity index (χ0v) is 11.0. The van der Waals surface area contributed by atoms with Crippen LogP contribution in [0.1, 0.15) is 18.4 Å². The first kappa shape index (κ1) is 12.1. The quantitative estimate of drug-likeness (QED) is 0.839. The van der Waals surface area contributed by atoms with Gasteiger partial charge >= 0.3 is 0 Å². The molecule has 2 rings (SSSR count). The molecule has 1 saturated heterocycles. The Balaban J connectivity index is 1.62. The van der Waals surface area contributed by atoms with E-state index >= 15 is 0 Å². The summed E-state index contributed by atoms with van der Waals surface area (Å²) in [5.74, 6) is 0.824. The number of rotatable bonds is 5. The second-order valence-corrected chi connectivity index (χ2v) is 5.24. The lowest BCUT2D eigenvalue weighted by atomic mass is 10.1. The maximum Gasteiger partial charge on any atom is 0.0716 e. The fraction of sp³-hybridized carbons (Fsp3) is 0.538. The number of halogens is 1. The Kier molecular flexibility index (Phi) is 4.82. The van der Waals surface area contributed by atoms with Crippen LogP contribution in [-0.4, -0.2) is 19.7 Å². The van der Waals surface area contributed by atoms with Crippen LogP contribution in [0.15, 0.2) is 28.7 Å². The average Bonchev–Trinajstić information content (AvgIpc) is 2.80. The van der Waals surface area contributed by atoms with E-state index in [0.29, 0.717) is 0 Å². The van der Waals surface area contributed by atoms with E-state index in [1.807, 2.05) is 0 Å². The zero-order chi connectivity index (χ0) is 11.2. The van der Waals surface area contributed by atoms with Crippen molar-refractivity contribution >= 4 is 15.9 Å². The summed E-state index contributed by atoms with van der Waals surface area (Å²) >= 11 is 3.42. The van der Waals surface area contributed by atoms with Gasteiger partial charge in [-0.05, 0) is 49.5 Å². The third-order valence-corrected chi connectivity index (χ3v) is 3.54. The first-order valence-corrected chi connectivity index (χ1v) is 6.67. The van der Waals surface area contributed by atoms with Gasteiger partial charge in [0.15, 0.2) is 0 Å². The Hall–Kier alpha value is -0.380. The molecule has 3 heteroatoms. The molecule has 1 N–H and O–H groups in total. The maximum absolute atomic E-state index is 5.68. The summed E-state index contributed by atoms with van der Waals surface area (Å²) in [5.41, 5.74) is 1.24. The minimum absolute atomic E-state index is 0.730. The van der Waals surface area contributed by atoms with Gasteiger partial charge in [0.05, 0.1) is 6.61 Å². The van der Waals surface area contributed by atoms with E-state index in [4.69, 9.17) is 4.74 Å². The lowest BCUT2D eigenvalue weighted by molar-refractivity contribution is 0.109. The van der Waals surface area contributed by atoms with E-state index in [-0.39, 0.29) is 0 Å². The molecule has 1 atom stereocenters. The van der Waals surface area contributed by atoms with Gasteiger partial charge in [0, 0.05) is 11.1 Å². The molecule has 1 aliphatic heterocycles. The molecule has 0 aliphatic carbocycles. The minimum Gasteiger partial charge on any atom is -0.377 e. The zero-order valence-electron chi connectivity index (χ0n) is 9.42. The van der Waals surface area contributed by atoms with E-state index in [1.54, 1.807) is 0 Å². The van der Waals surface area contributed by atoms with Crippen molar-refractivity contribution in [1.29, 1.82) is 0 Å². The Morgan fingerprint density at radius 3 is 2.81 bits per heavy atom. The number of ether oxygens (including phenoxy) is 1. The summed E-state index contributed by atoms with van der Waals surface area (Å²) in [6.45, 7) is 3.95. The second kappa shape index (κ2) is 6.38. The summed E-state index contributed by atoms with van der Waals surface area (Å²) in [6, 6.07) is 8.31. The monoisotopic (exact) mass is 283 g/mol. The molecule has 88 valence electrons. The molecule has 0 spiro atoms. The van der Waals surface area contributed by atoms with Crippen molar-refractivity contribution in [3.8, 4) is 0 Å². The van der Waals surface area contributed by atoms with E-state index in [2.05, 4.69) is 45.5 Å². The van der Waals surface area contributed by atoms with Gasteiger partial charge in [-0.1, -0.05) is 28.1 Å². The van der Waals surface area contributed by atoms with Gasteiger partial charge in [0.1, 0.15) is 0 Å².